The summed E-state index contributed by atoms with van der Waals surface area (Å²) in [7, 11) is 0. The van der Waals surface area contributed by atoms with Gasteiger partial charge in [-0.05, 0) is 23.1 Å². The van der Waals surface area contributed by atoms with E-state index >= 15 is 0 Å². The molecule has 4 rings (SSSR count). The molecule has 0 saturated heterocycles. The highest BCUT2D eigenvalue weighted by molar-refractivity contribution is 5.93. The Balaban J connectivity index is 1.71. The fraction of sp³-hybridized carbons (Fsp3) is 0.333. The molecule has 128 valence electrons. The maximum atomic E-state index is 13.0. The van der Waals surface area contributed by atoms with Gasteiger partial charge >= 0.3 is 0 Å². The molecule has 7 heteroatoms. The quantitative estimate of drug-likeness (QED) is 0.772. The van der Waals surface area contributed by atoms with Crippen LogP contribution in [0.1, 0.15) is 53.2 Å². The van der Waals surface area contributed by atoms with Crippen LogP contribution in [0.25, 0.3) is 5.78 Å². The molecule has 3 heterocycles. The zero-order valence-electron chi connectivity index (χ0n) is 14.1. The molecule has 0 spiro atoms. The molecular formula is C18H19N5O2. The summed E-state index contributed by atoms with van der Waals surface area (Å²) >= 11 is 0. The van der Waals surface area contributed by atoms with Gasteiger partial charge in [0.05, 0.1) is 18.3 Å². The van der Waals surface area contributed by atoms with Crippen LogP contribution in [0, 0.1) is 0 Å². The molecule has 0 bridgehead atoms. The van der Waals surface area contributed by atoms with Crippen LogP contribution in [-0.4, -0.2) is 42.0 Å². The number of aliphatic hydroxyl groups excluding tert-OH is 1. The second-order valence-electron chi connectivity index (χ2n) is 6.59. The molecule has 25 heavy (non-hydrogen) atoms. The van der Waals surface area contributed by atoms with Crippen LogP contribution in [0.3, 0.4) is 0 Å². The van der Waals surface area contributed by atoms with E-state index in [9.17, 15) is 9.90 Å². The van der Waals surface area contributed by atoms with E-state index in [1.165, 1.54) is 6.33 Å². The Labute approximate surface area is 144 Å². The molecule has 3 aromatic rings. The number of carbonyl (C=O) groups excluding carboxylic acids is 1. The average molecular weight is 337 g/mol. The van der Waals surface area contributed by atoms with Crippen molar-refractivity contribution in [3.63, 3.8) is 0 Å². The SMILES string of the molecule is CC(C)c1cc(C(=O)N2Cc3ccccc3C(O)C2)nc2ncnn12. The number of hydrogen-bond donors (Lipinski definition) is 1. The van der Waals surface area contributed by atoms with Crippen molar-refractivity contribution in [2.75, 3.05) is 6.54 Å². The molecule has 1 atom stereocenters. The Morgan fingerprint density at radius 3 is 2.92 bits per heavy atom. The van der Waals surface area contributed by atoms with Crippen molar-refractivity contribution in [1.82, 2.24) is 24.5 Å². The predicted molar refractivity (Wildman–Crippen MR) is 91.0 cm³/mol. The summed E-state index contributed by atoms with van der Waals surface area (Å²) in [5.41, 5.74) is 3.05. The normalized spacial score (nSPS) is 17.1. The van der Waals surface area contributed by atoms with Crippen LogP contribution >= 0.6 is 0 Å². The second-order valence-corrected chi connectivity index (χ2v) is 6.59. The van der Waals surface area contributed by atoms with Gasteiger partial charge in [-0.15, -0.1) is 0 Å². The van der Waals surface area contributed by atoms with Crippen LogP contribution in [0.5, 0.6) is 0 Å². The lowest BCUT2D eigenvalue weighted by Gasteiger charge is -2.32. The third kappa shape index (κ3) is 2.66. The van der Waals surface area contributed by atoms with Gasteiger partial charge in [-0.3, -0.25) is 4.79 Å². The lowest BCUT2D eigenvalue weighted by molar-refractivity contribution is 0.0544. The van der Waals surface area contributed by atoms with Crippen LogP contribution in [0.4, 0.5) is 0 Å². The summed E-state index contributed by atoms with van der Waals surface area (Å²) in [5.74, 6) is 0.375. The first kappa shape index (κ1) is 15.7. The molecule has 7 nitrogen and oxygen atoms in total. The molecule has 2 aromatic heterocycles. The topological polar surface area (TPSA) is 83.6 Å². The number of amides is 1. The van der Waals surface area contributed by atoms with E-state index in [0.29, 0.717) is 18.0 Å². The Bertz CT molecular complexity index is 950. The van der Waals surface area contributed by atoms with Crippen molar-refractivity contribution in [3.8, 4) is 0 Å². The maximum Gasteiger partial charge on any atom is 0.273 e. The van der Waals surface area contributed by atoms with E-state index in [4.69, 9.17) is 0 Å². The third-order valence-electron chi connectivity index (χ3n) is 4.55. The van der Waals surface area contributed by atoms with Crippen molar-refractivity contribution in [2.45, 2.75) is 32.4 Å². The first-order valence-electron chi connectivity index (χ1n) is 8.30. The van der Waals surface area contributed by atoms with Gasteiger partial charge in [0.2, 0.25) is 0 Å². The van der Waals surface area contributed by atoms with Gasteiger partial charge in [0, 0.05) is 6.54 Å². The van der Waals surface area contributed by atoms with Crippen LogP contribution < -0.4 is 0 Å². The Hall–Kier alpha value is -2.80. The van der Waals surface area contributed by atoms with E-state index in [1.807, 2.05) is 38.1 Å². The molecule has 1 aliphatic rings. The minimum Gasteiger partial charge on any atom is -0.387 e. The number of nitrogens with zero attached hydrogens (tertiary/aromatic N) is 5. The lowest BCUT2D eigenvalue weighted by Crippen LogP contribution is -2.38. The summed E-state index contributed by atoms with van der Waals surface area (Å²) in [4.78, 5) is 23.1. The number of fused-ring (bicyclic) bond motifs is 2. The molecule has 0 radical (unpaired) electrons. The highest BCUT2D eigenvalue weighted by atomic mass is 16.3. The molecule has 1 aliphatic heterocycles. The summed E-state index contributed by atoms with van der Waals surface area (Å²) in [5, 5.41) is 14.5. The minimum absolute atomic E-state index is 0.173. The van der Waals surface area contributed by atoms with Crippen molar-refractivity contribution in [3.05, 3.63) is 59.2 Å². The van der Waals surface area contributed by atoms with Crippen molar-refractivity contribution in [1.29, 1.82) is 0 Å². The molecule has 1 aromatic carbocycles. The number of β-amino-alcohol motifs (C(OH)–C–C–N with tert-alkyl or cyclic N) is 1. The summed E-state index contributed by atoms with van der Waals surface area (Å²) < 4.78 is 1.65. The molecular weight excluding hydrogens is 318 g/mol. The zero-order chi connectivity index (χ0) is 17.6. The summed E-state index contributed by atoms with van der Waals surface area (Å²) in [6.45, 7) is 4.78. The number of aliphatic hydroxyl groups is 1. The largest absolute Gasteiger partial charge is 0.387 e. The van der Waals surface area contributed by atoms with Gasteiger partial charge in [-0.2, -0.15) is 10.1 Å². The van der Waals surface area contributed by atoms with Gasteiger partial charge in [-0.1, -0.05) is 38.1 Å². The monoisotopic (exact) mass is 337 g/mol. The van der Waals surface area contributed by atoms with Gasteiger partial charge < -0.3 is 10.0 Å². The van der Waals surface area contributed by atoms with E-state index in [-0.39, 0.29) is 18.4 Å². The van der Waals surface area contributed by atoms with E-state index < -0.39 is 6.10 Å². The highest BCUT2D eigenvalue weighted by Gasteiger charge is 2.28. The smallest absolute Gasteiger partial charge is 0.273 e. The lowest BCUT2D eigenvalue weighted by atomic mass is 9.97. The van der Waals surface area contributed by atoms with Crippen molar-refractivity contribution in [2.24, 2.45) is 0 Å². The molecule has 1 unspecified atom stereocenters. The first-order chi connectivity index (χ1) is 12.0. The summed E-state index contributed by atoms with van der Waals surface area (Å²) in [6.07, 6.45) is 0.749. The first-order valence-corrected chi connectivity index (χ1v) is 8.30. The van der Waals surface area contributed by atoms with E-state index in [1.54, 1.807) is 15.5 Å². The van der Waals surface area contributed by atoms with Crippen LogP contribution in [0.15, 0.2) is 36.7 Å². The molecule has 1 N–H and O–H groups in total. The fourth-order valence-corrected chi connectivity index (χ4v) is 3.25. The number of hydrogen-bond acceptors (Lipinski definition) is 5. The fourth-order valence-electron chi connectivity index (χ4n) is 3.25. The van der Waals surface area contributed by atoms with Crippen LogP contribution in [0.2, 0.25) is 0 Å². The van der Waals surface area contributed by atoms with Gasteiger partial charge in [0.25, 0.3) is 11.7 Å². The molecule has 0 saturated carbocycles. The average Bonchev–Trinajstić information content (AvgIpc) is 3.08. The second kappa shape index (κ2) is 5.93. The number of carbonyl (C=O) groups is 1. The van der Waals surface area contributed by atoms with Gasteiger partial charge in [-0.25, -0.2) is 9.50 Å². The van der Waals surface area contributed by atoms with E-state index in [0.717, 1.165) is 16.8 Å². The van der Waals surface area contributed by atoms with Crippen molar-refractivity contribution >= 4 is 11.7 Å². The Morgan fingerprint density at radius 1 is 1.32 bits per heavy atom. The number of benzene rings is 1. The van der Waals surface area contributed by atoms with Gasteiger partial charge in [0.15, 0.2) is 0 Å². The minimum atomic E-state index is -0.685. The van der Waals surface area contributed by atoms with Crippen molar-refractivity contribution < 1.29 is 9.90 Å². The third-order valence-corrected chi connectivity index (χ3v) is 4.55. The van der Waals surface area contributed by atoms with Gasteiger partial charge in [0.1, 0.15) is 12.0 Å². The Morgan fingerprint density at radius 2 is 2.12 bits per heavy atom. The Kier molecular flexibility index (Phi) is 3.73. The maximum absolute atomic E-state index is 13.0. The van der Waals surface area contributed by atoms with Crippen LogP contribution in [-0.2, 0) is 6.54 Å². The predicted octanol–water partition coefficient (Wildman–Crippen LogP) is 1.94. The summed E-state index contributed by atoms with van der Waals surface area (Å²) in [6, 6.07) is 9.42. The highest BCUT2D eigenvalue weighted by Crippen LogP contribution is 2.27. The standard InChI is InChI=1S/C18H19N5O2/c1-11(2)15-7-14(21-18-19-10-20-23(15)18)17(25)22-8-12-5-3-4-6-13(12)16(24)9-22/h3-7,10-11,16,24H,8-9H2,1-2H3. The molecule has 1 amide bonds. The number of rotatable bonds is 2. The van der Waals surface area contributed by atoms with E-state index in [2.05, 4.69) is 15.1 Å². The molecule has 0 aliphatic carbocycles. The number of aromatic nitrogens is 4. The molecule has 0 fully saturated rings. The zero-order valence-corrected chi connectivity index (χ0v) is 14.1.